The molecule has 0 saturated heterocycles. The molecule has 0 radical (unpaired) electrons. The zero-order chi connectivity index (χ0) is 15.5. The number of halogens is 3. The summed E-state index contributed by atoms with van der Waals surface area (Å²) in [6, 6.07) is 18.4. The largest absolute Gasteiger partial charge is 0.207 e. The summed E-state index contributed by atoms with van der Waals surface area (Å²) in [5.74, 6) is -1.05. The maximum absolute atomic E-state index is 13.6. The standard InChI is InChI=1S/C18H12F3S/c19-13-7-9-16(10-8-13)22(17-5-1-3-14(20)11-17)18-6-2-4-15(21)12-18/h1-12H/q+1. The van der Waals surface area contributed by atoms with E-state index in [1.54, 1.807) is 36.4 Å². The van der Waals surface area contributed by atoms with Crippen molar-refractivity contribution in [2.45, 2.75) is 14.7 Å². The second-order valence-corrected chi connectivity index (χ2v) is 6.70. The van der Waals surface area contributed by atoms with Gasteiger partial charge < -0.3 is 0 Å². The van der Waals surface area contributed by atoms with Crippen LogP contribution < -0.4 is 0 Å². The Morgan fingerprint density at radius 1 is 0.500 bits per heavy atom. The fraction of sp³-hybridized carbons (Fsp3) is 0. The first kappa shape index (κ1) is 14.7. The summed E-state index contributed by atoms with van der Waals surface area (Å²) < 4.78 is 40.3. The van der Waals surface area contributed by atoms with Gasteiger partial charge in [-0.1, -0.05) is 12.1 Å². The molecule has 0 amide bonds. The molecule has 0 saturated carbocycles. The maximum Gasteiger partial charge on any atom is 0.169 e. The second-order valence-electron chi connectivity index (χ2n) is 4.67. The summed E-state index contributed by atoms with van der Waals surface area (Å²) in [5.41, 5.74) is 0. The van der Waals surface area contributed by atoms with E-state index in [0.29, 0.717) is 0 Å². The molecule has 0 N–H and O–H groups in total. The predicted octanol–water partition coefficient (Wildman–Crippen LogP) is 5.20. The van der Waals surface area contributed by atoms with E-state index < -0.39 is 10.9 Å². The van der Waals surface area contributed by atoms with Crippen molar-refractivity contribution < 1.29 is 13.2 Å². The van der Waals surface area contributed by atoms with Gasteiger partial charge in [0.15, 0.2) is 14.7 Å². The van der Waals surface area contributed by atoms with Crippen LogP contribution in [-0.4, -0.2) is 0 Å². The quantitative estimate of drug-likeness (QED) is 0.583. The molecule has 22 heavy (non-hydrogen) atoms. The molecule has 0 bridgehead atoms. The lowest BCUT2D eigenvalue weighted by molar-refractivity contribution is 0.622. The number of hydrogen-bond acceptors (Lipinski definition) is 0. The van der Waals surface area contributed by atoms with Crippen LogP contribution in [0.3, 0.4) is 0 Å². The van der Waals surface area contributed by atoms with Crippen LogP contribution in [0.5, 0.6) is 0 Å². The van der Waals surface area contributed by atoms with Crippen LogP contribution in [0.2, 0.25) is 0 Å². The van der Waals surface area contributed by atoms with Crippen molar-refractivity contribution in [1.29, 1.82) is 0 Å². The smallest absolute Gasteiger partial charge is 0.169 e. The Morgan fingerprint density at radius 3 is 1.45 bits per heavy atom. The molecule has 0 aliphatic rings. The number of benzene rings is 3. The molecule has 0 aromatic heterocycles. The van der Waals surface area contributed by atoms with Crippen molar-refractivity contribution in [3.05, 3.63) is 90.2 Å². The van der Waals surface area contributed by atoms with Crippen LogP contribution in [0.15, 0.2) is 87.5 Å². The third kappa shape index (κ3) is 3.17. The van der Waals surface area contributed by atoms with Crippen molar-refractivity contribution in [3.8, 4) is 0 Å². The van der Waals surface area contributed by atoms with Crippen LogP contribution in [-0.2, 0) is 10.9 Å². The predicted molar refractivity (Wildman–Crippen MR) is 81.4 cm³/mol. The first-order valence-corrected chi connectivity index (χ1v) is 7.87. The van der Waals surface area contributed by atoms with Gasteiger partial charge in [0, 0.05) is 12.1 Å². The van der Waals surface area contributed by atoms with Gasteiger partial charge in [0.05, 0.1) is 10.9 Å². The molecule has 0 atom stereocenters. The first-order chi connectivity index (χ1) is 10.6. The highest BCUT2D eigenvalue weighted by atomic mass is 32.2. The van der Waals surface area contributed by atoms with Gasteiger partial charge in [-0.25, -0.2) is 13.2 Å². The van der Waals surface area contributed by atoms with E-state index in [2.05, 4.69) is 0 Å². The Hall–Kier alpha value is -2.20. The summed E-state index contributed by atoms with van der Waals surface area (Å²) in [7, 11) is -0.690. The van der Waals surface area contributed by atoms with E-state index in [4.69, 9.17) is 0 Å². The Labute approximate surface area is 129 Å². The summed E-state index contributed by atoms with van der Waals surface area (Å²) in [6.07, 6.45) is 0. The highest BCUT2D eigenvalue weighted by Crippen LogP contribution is 2.31. The van der Waals surface area contributed by atoms with Gasteiger partial charge in [-0.05, 0) is 48.5 Å². The van der Waals surface area contributed by atoms with Gasteiger partial charge in [-0.3, -0.25) is 0 Å². The van der Waals surface area contributed by atoms with Gasteiger partial charge in [-0.2, -0.15) is 0 Å². The number of hydrogen-bond donors (Lipinski definition) is 0. The van der Waals surface area contributed by atoms with Crippen LogP contribution >= 0.6 is 0 Å². The minimum Gasteiger partial charge on any atom is -0.207 e. The zero-order valence-corrected chi connectivity index (χ0v) is 12.3. The molecule has 0 heterocycles. The summed E-state index contributed by atoms with van der Waals surface area (Å²) in [5, 5.41) is 0. The summed E-state index contributed by atoms with van der Waals surface area (Å²) in [4.78, 5) is 2.24. The molecule has 3 aromatic carbocycles. The van der Waals surface area contributed by atoms with E-state index in [9.17, 15) is 13.2 Å². The third-order valence-corrected chi connectivity index (χ3v) is 5.31. The molecule has 0 fully saturated rings. The number of rotatable bonds is 3. The van der Waals surface area contributed by atoms with Gasteiger partial charge in [0.2, 0.25) is 0 Å². The van der Waals surface area contributed by atoms with Gasteiger partial charge in [-0.15, -0.1) is 0 Å². The minimum atomic E-state index is -0.690. The molecule has 3 aromatic rings. The Morgan fingerprint density at radius 2 is 1.00 bits per heavy atom. The van der Waals surface area contributed by atoms with E-state index in [1.807, 2.05) is 0 Å². The molecular weight excluding hydrogens is 305 g/mol. The van der Waals surface area contributed by atoms with E-state index in [-0.39, 0.29) is 17.5 Å². The average molecular weight is 317 g/mol. The molecule has 110 valence electrons. The van der Waals surface area contributed by atoms with Crippen LogP contribution in [0, 0.1) is 17.5 Å². The second kappa shape index (κ2) is 6.28. The Bertz CT molecular complexity index is 739. The normalized spacial score (nSPS) is 10.9. The van der Waals surface area contributed by atoms with Crippen molar-refractivity contribution in [1.82, 2.24) is 0 Å². The topological polar surface area (TPSA) is 0 Å². The lowest BCUT2D eigenvalue weighted by atomic mass is 10.3. The van der Waals surface area contributed by atoms with Crippen molar-refractivity contribution >= 4 is 10.9 Å². The molecular formula is C18H12F3S+. The summed E-state index contributed by atoms with van der Waals surface area (Å²) in [6.45, 7) is 0. The lowest BCUT2D eigenvalue weighted by Crippen LogP contribution is -2.05. The van der Waals surface area contributed by atoms with E-state index >= 15 is 0 Å². The molecule has 3 rings (SSSR count). The summed E-state index contributed by atoms with van der Waals surface area (Å²) >= 11 is 0. The van der Waals surface area contributed by atoms with Gasteiger partial charge in [0.1, 0.15) is 17.5 Å². The first-order valence-electron chi connectivity index (χ1n) is 6.64. The molecule has 0 aliphatic carbocycles. The molecule has 0 aliphatic heterocycles. The third-order valence-electron chi connectivity index (χ3n) is 3.11. The molecule has 0 nitrogen and oxygen atoms in total. The van der Waals surface area contributed by atoms with Crippen molar-refractivity contribution in [2.24, 2.45) is 0 Å². The average Bonchev–Trinajstić information content (AvgIpc) is 2.50. The van der Waals surface area contributed by atoms with Crippen LogP contribution in [0.1, 0.15) is 0 Å². The minimum absolute atomic E-state index is 0.342. The zero-order valence-electron chi connectivity index (χ0n) is 11.5. The molecule has 0 spiro atoms. The van der Waals surface area contributed by atoms with E-state index in [0.717, 1.165) is 14.7 Å². The van der Waals surface area contributed by atoms with E-state index in [1.165, 1.54) is 36.4 Å². The SMILES string of the molecule is Fc1ccc([S+](c2cccc(F)c2)c2cccc(F)c2)cc1. The fourth-order valence-corrected chi connectivity index (χ4v) is 4.28. The Kier molecular flexibility index (Phi) is 4.20. The maximum atomic E-state index is 13.6. The lowest BCUT2D eigenvalue weighted by Gasteiger charge is -2.08. The van der Waals surface area contributed by atoms with Gasteiger partial charge >= 0.3 is 0 Å². The van der Waals surface area contributed by atoms with Gasteiger partial charge in [0.25, 0.3) is 0 Å². The molecule has 0 unspecified atom stereocenters. The monoisotopic (exact) mass is 317 g/mol. The molecule has 4 heteroatoms. The van der Waals surface area contributed by atoms with Crippen LogP contribution in [0.4, 0.5) is 13.2 Å². The van der Waals surface area contributed by atoms with Crippen molar-refractivity contribution in [2.75, 3.05) is 0 Å². The fourth-order valence-electron chi connectivity index (χ4n) is 2.17. The van der Waals surface area contributed by atoms with Crippen molar-refractivity contribution in [3.63, 3.8) is 0 Å². The highest BCUT2D eigenvalue weighted by molar-refractivity contribution is 7.97. The Balaban J connectivity index is 2.15. The van der Waals surface area contributed by atoms with Crippen LogP contribution in [0.25, 0.3) is 0 Å². The highest BCUT2D eigenvalue weighted by Gasteiger charge is 2.29.